The Bertz CT molecular complexity index is 530. The van der Waals surface area contributed by atoms with Crippen LogP contribution in [0.25, 0.3) is 11.3 Å². The molecule has 0 radical (unpaired) electrons. The van der Waals surface area contributed by atoms with Crippen LogP contribution < -0.4 is 5.73 Å². The highest BCUT2D eigenvalue weighted by Gasteiger charge is 2.07. The molecule has 2 N–H and O–H groups in total. The number of pyridine rings is 1. The van der Waals surface area contributed by atoms with Crippen LogP contribution in [0.5, 0.6) is 0 Å². The van der Waals surface area contributed by atoms with Crippen molar-refractivity contribution < 1.29 is 0 Å². The molecule has 2 nitrogen and oxygen atoms in total. The fourth-order valence-electron chi connectivity index (χ4n) is 1.87. The lowest BCUT2D eigenvalue weighted by Crippen LogP contribution is -1.94. The van der Waals surface area contributed by atoms with E-state index in [1.807, 2.05) is 13.0 Å². The van der Waals surface area contributed by atoms with E-state index in [0.717, 1.165) is 11.3 Å². The Morgan fingerprint density at radius 1 is 1.00 bits per heavy atom. The summed E-state index contributed by atoms with van der Waals surface area (Å²) < 4.78 is 0. The first kappa shape index (κ1) is 10.7. The fourth-order valence-corrected chi connectivity index (χ4v) is 1.87. The molecular formula is C14H16N2. The van der Waals surface area contributed by atoms with E-state index in [-0.39, 0.29) is 0 Å². The van der Waals surface area contributed by atoms with E-state index in [4.69, 9.17) is 5.73 Å². The van der Waals surface area contributed by atoms with Crippen molar-refractivity contribution in [2.45, 2.75) is 20.8 Å². The van der Waals surface area contributed by atoms with Crippen molar-refractivity contribution in [1.82, 2.24) is 4.98 Å². The third-order valence-corrected chi connectivity index (χ3v) is 2.75. The third kappa shape index (κ3) is 1.91. The number of rotatable bonds is 1. The second-order valence-corrected chi connectivity index (χ2v) is 4.25. The van der Waals surface area contributed by atoms with Crippen LogP contribution in [0.4, 0.5) is 5.69 Å². The average Bonchev–Trinajstić information content (AvgIpc) is 2.22. The molecule has 0 amide bonds. The molecule has 16 heavy (non-hydrogen) atoms. The van der Waals surface area contributed by atoms with E-state index in [9.17, 15) is 0 Å². The monoisotopic (exact) mass is 212 g/mol. The molecule has 0 aliphatic carbocycles. The van der Waals surface area contributed by atoms with Gasteiger partial charge in [-0.3, -0.25) is 4.98 Å². The van der Waals surface area contributed by atoms with Crippen molar-refractivity contribution in [3.05, 3.63) is 47.2 Å². The summed E-state index contributed by atoms with van der Waals surface area (Å²) in [7, 11) is 0. The molecule has 1 aromatic heterocycles. The molecule has 0 atom stereocenters. The van der Waals surface area contributed by atoms with Crippen LogP contribution in [0.1, 0.15) is 16.7 Å². The van der Waals surface area contributed by atoms with Crippen LogP contribution in [0.3, 0.4) is 0 Å². The smallest absolute Gasteiger partial charge is 0.0735 e. The molecule has 0 spiro atoms. The van der Waals surface area contributed by atoms with Gasteiger partial charge in [0.1, 0.15) is 0 Å². The van der Waals surface area contributed by atoms with Crippen molar-refractivity contribution >= 4 is 5.69 Å². The maximum atomic E-state index is 5.71. The van der Waals surface area contributed by atoms with Gasteiger partial charge in [0, 0.05) is 5.56 Å². The molecule has 0 aliphatic heterocycles. The van der Waals surface area contributed by atoms with Crippen LogP contribution in [0.2, 0.25) is 0 Å². The third-order valence-electron chi connectivity index (χ3n) is 2.75. The molecule has 1 heterocycles. The number of nitrogen functional groups attached to an aromatic ring is 1. The number of nitrogens with zero attached hydrogens (tertiary/aromatic N) is 1. The van der Waals surface area contributed by atoms with Gasteiger partial charge in [0.2, 0.25) is 0 Å². The predicted molar refractivity (Wildman–Crippen MR) is 68.3 cm³/mol. The first-order valence-corrected chi connectivity index (χ1v) is 5.37. The van der Waals surface area contributed by atoms with Crippen molar-refractivity contribution in [3.8, 4) is 11.3 Å². The minimum absolute atomic E-state index is 0.714. The zero-order valence-corrected chi connectivity index (χ0v) is 9.91. The number of hydrogen-bond donors (Lipinski definition) is 1. The molecule has 2 rings (SSSR count). The largest absolute Gasteiger partial charge is 0.397 e. The van der Waals surface area contributed by atoms with E-state index >= 15 is 0 Å². The summed E-state index contributed by atoms with van der Waals surface area (Å²) >= 11 is 0. The number of nitrogens with two attached hydrogens (primary N) is 1. The van der Waals surface area contributed by atoms with Gasteiger partial charge in [-0.15, -0.1) is 0 Å². The van der Waals surface area contributed by atoms with E-state index in [0.29, 0.717) is 5.69 Å². The predicted octanol–water partition coefficient (Wildman–Crippen LogP) is 3.26. The number of hydrogen-bond acceptors (Lipinski definition) is 2. The second kappa shape index (κ2) is 3.97. The molecule has 2 aromatic rings. The number of anilines is 1. The molecule has 0 unspecified atom stereocenters. The van der Waals surface area contributed by atoms with Crippen LogP contribution in [-0.4, -0.2) is 4.98 Å². The van der Waals surface area contributed by atoms with Gasteiger partial charge in [0.25, 0.3) is 0 Å². The molecule has 0 saturated carbocycles. The zero-order chi connectivity index (χ0) is 11.7. The average molecular weight is 212 g/mol. The van der Waals surface area contributed by atoms with E-state index < -0.39 is 0 Å². The normalized spacial score (nSPS) is 10.4. The van der Waals surface area contributed by atoms with Gasteiger partial charge in [0.05, 0.1) is 17.6 Å². The van der Waals surface area contributed by atoms with Gasteiger partial charge in [-0.25, -0.2) is 0 Å². The summed E-state index contributed by atoms with van der Waals surface area (Å²) in [6.07, 6.45) is 1.71. The highest BCUT2D eigenvalue weighted by Crippen LogP contribution is 2.26. The minimum atomic E-state index is 0.714. The second-order valence-electron chi connectivity index (χ2n) is 4.25. The summed E-state index contributed by atoms with van der Waals surface area (Å²) in [6.45, 7) is 6.24. The van der Waals surface area contributed by atoms with Crippen molar-refractivity contribution in [1.29, 1.82) is 0 Å². The minimum Gasteiger partial charge on any atom is -0.397 e. The van der Waals surface area contributed by atoms with Crippen LogP contribution in [0.15, 0.2) is 30.5 Å². The fraction of sp³-hybridized carbons (Fsp3) is 0.214. The lowest BCUT2D eigenvalue weighted by atomic mass is 9.99. The lowest BCUT2D eigenvalue weighted by Gasteiger charge is -2.09. The van der Waals surface area contributed by atoms with Crippen LogP contribution in [0, 0.1) is 20.8 Å². The summed E-state index contributed by atoms with van der Waals surface area (Å²) in [5.41, 5.74) is 12.3. The Hall–Kier alpha value is -1.83. The van der Waals surface area contributed by atoms with Crippen molar-refractivity contribution in [2.24, 2.45) is 0 Å². The Labute approximate surface area is 96.1 Å². The van der Waals surface area contributed by atoms with Crippen molar-refractivity contribution in [3.63, 3.8) is 0 Å². The molecule has 0 bridgehead atoms. The maximum Gasteiger partial charge on any atom is 0.0735 e. The van der Waals surface area contributed by atoms with Gasteiger partial charge < -0.3 is 5.73 Å². The van der Waals surface area contributed by atoms with Crippen LogP contribution >= 0.6 is 0 Å². The summed E-state index contributed by atoms with van der Waals surface area (Å²) in [6, 6.07) is 8.37. The Balaban J connectivity index is 2.62. The Kier molecular flexibility index (Phi) is 2.65. The first-order valence-electron chi connectivity index (χ1n) is 5.37. The molecule has 0 saturated heterocycles. The Morgan fingerprint density at radius 3 is 2.44 bits per heavy atom. The number of aryl methyl sites for hydroxylation is 3. The zero-order valence-electron chi connectivity index (χ0n) is 9.91. The maximum absolute atomic E-state index is 5.71. The number of benzene rings is 1. The summed E-state index contributed by atoms with van der Waals surface area (Å²) in [4.78, 5) is 4.42. The standard InChI is InChI=1S/C14H16N2/c1-9-4-5-10(2)13(6-9)14-11(3)7-12(15)8-16-14/h4-8H,15H2,1-3H3. The molecule has 2 heteroatoms. The Morgan fingerprint density at radius 2 is 1.75 bits per heavy atom. The van der Waals surface area contributed by atoms with Gasteiger partial charge in [-0.1, -0.05) is 17.7 Å². The highest BCUT2D eigenvalue weighted by atomic mass is 14.7. The molecule has 1 aromatic carbocycles. The van der Waals surface area contributed by atoms with Crippen molar-refractivity contribution in [2.75, 3.05) is 5.73 Å². The first-order chi connectivity index (χ1) is 7.58. The SMILES string of the molecule is Cc1ccc(C)c(-c2ncc(N)cc2C)c1. The molecular weight excluding hydrogens is 196 g/mol. The number of aromatic nitrogens is 1. The quantitative estimate of drug-likeness (QED) is 0.788. The van der Waals surface area contributed by atoms with Gasteiger partial charge in [-0.05, 0) is 44.0 Å². The van der Waals surface area contributed by atoms with Crippen LogP contribution in [-0.2, 0) is 0 Å². The van der Waals surface area contributed by atoms with Gasteiger partial charge >= 0.3 is 0 Å². The highest BCUT2D eigenvalue weighted by molar-refractivity contribution is 5.68. The van der Waals surface area contributed by atoms with E-state index in [2.05, 4.69) is 37.0 Å². The summed E-state index contributed by atoms with van der Waals surface area (Å²) in [5, 5.41) is 0. The summed E-state index contributed by atoms with van der Waals surface area (Å²) in [5.74, 6) is 0. The van der Waals surface area contributed by atoms with Gasteiger partial charge in [-0.2, -0.15) is 0 Å². The molecule has 82 valence electrons. The molecule has 0 fully saturated rings. The van der Waals surface area contributed by atoms with E-state index in [1.54, 1.807) is 6.20 Å². The topological polar surface area (TPSA) is 38.9 Å². The van der Waals surface area contributed by atoms with E-state index in [1.165, 1.54) is 16.7 Å². The molecule has 0 aliphatic rings. The lowest BCUT2D eigenvalue weighted by molar-refractivity contribution is 1.25. The van der Waals surface area contributed by atoms with Gasteiger partial charge in [0.15, 0.2) is 0 Å².